The first-order valence-electron chi connectivity index (χ1n) is 5.19. The summed E-state index contributed by atoms with van der Waals surface area (Å²) >= 11 is 0. The molecule has 96 valence electrons. The smallest absolute Gasteiger partial charge is 0.324 e. The molecule has 0 saturated heterocycles. The van der Waals surface area contributed by atoms with E-state index in [1.165, 1.54) is 6.92 Å². The van der Waals surface area contributed by atoms with Crippen molar-refractivity contribution in [3.8, 4) is 0 Å². The van der Waals surface area contributed by atoms with Gasteiger partial charge in [-0.25, -0.2) is 13.1 Å². The average molecular weight is 251 g/mol. The van der Waals surface area contributed by atoms with Gasteiger partial charge >= 0.3 is 5.97 Å². The highest BCUT2D eigenvalue weighted by Crippen LogP contribution is 2.09. The Kier molecular flexibility index (Phi) is 4.94. The highest BCUT2D eigenvalue weighted by atomic mass is 32.2. The minimum Gasteiger partial charge on any atom is -0.459 e. The maximum atomic E-state index is 11.5. The van der Waals surface area contributed by atoms with E-state index >= 15 is 0 Å². The van der Waals surface area contributed by atoms with Crippen LogP contribution in [0.15, 0.2) is 0 Å². The number of sulfonamides is 1. The molecule has 0 rings (SSSR count). The second-order valence-corrected chi connectivity index (χ2v) is 7.24. The minimum absolute atomic E-state index is 0.572. The molecular formula is C10H21NO4S. The Morgan fingerprint density at radius 1 is 1.19 bits per heavy atom. The van der Waals surface area contributed by atoms with Crippen LogP contribution in [0.1, 0.15) is 41.5 Å². The zero-order chi connectivity index (χ0) is 13.1. The van der Waals surface area contributed by atoms with Crippen LogP contribution in [0.3, 0.4) is 0 Å². The van der Waals surface area contributed by atoms with E-state index in [4.69, 9.17) is 4.74 Å². The highest BCUT2D eigenvalue weighted by Gasteiger charge is 2.26. The van der Waals surface area contributed by atoms with Crippen LogP contribution in [0.4, 0.5) is 0 Å². The zero-order valence-electron chi connectivity index (χ0n) is 10.7. The standard InChI is InChI=1S/C10H21NO4S/c1-7(2)16(13,14)11-8(3)9(12)15-10(4,5)6/h7-8,11H,1-6H3/t8-/m0/s1. The van der Waals surface area contributed by atoms with Crippen LogP contribution in [-0.4, -0.2) is 31.3 Å². The molecule has 0 aliphatic carbocycles. The molecule has 0 spiro atoms. The fourth-order valence-electron chi connectivity index (χ4n) is 0.821. The molecule has 0 bridgehead atoms. The number of esters is 1. The van der Waals surface area contributed by atoms with Gasteiger partial charge in [-0.1, -0.05) is 0 Å². The lowest BCUT2D eigenvalue weighted by Gasteiger charge is -2.23. The Bertz CT molecular complexity index is 340. The van der Waals surface area contributed by atoms with Gasteiger partial charge in [-0.3, -0.25) is 4.79 Å². The van der Waals surface area contributed by atoms with E-state index in [9.17, 15) is 13.2 Å². The van der Waals surface area contributed by atoms with Gasteiger partial charge in [0.05, 0.1) is 5.25 Å². The molecule has 0 saturated carbocycles. The summed E-state index contributed by atoms with van der Waals surface area (Å²) in [5.74, 6) is -0.572. The van der Waals surface area contributed by atoms with Crippen LogP contribution >= 0.6 is 0 Å². The largest absolute Gasteiger partial charge is 0.459 e. The molecule has 0 fully saturated rings. The Hall–Kier alpha value is -0.620. The third kappa shape index (κ3) is 5.46. The molecule has 0 unspecified atom stereocenters. The normalized spacial score (nSPS) is 14.9. The molecule has 0 amide bonds. The summed E-state index contributed by atoms with van der Waals surface area (Å²) in [6, 6.07) is -0.869. The van der Waals surface area contributed by atoms with Crippen molar-refractivity contribution in [3.63, 3.8) is 0 Å². The van der Waals surface area contributed by atoms with Gasteiger partial charge < -0.3 is 4.74 Å². The molecule has 0 aromatic rings. The van der Waals surface area contributed by atoms with Gasteiger partial charge in [0.1, 0.15) is 11.6 Å². The number of ether oxygens (including phenoxy) is 1. The van der Waals surface area contributed by atoms with Crippen molar-refractivity contribution < 1.29 is 17.9 Å². The lowest BCUT2D eigenvalue weighted by molar-refractivity contribution is -0.156. The first-order valence-corrected chi connectivity index (χ1v) is 6.74. The molecule has 16 heavy (non-hydrogen) atoms. The highest BCUT2D eigenvalue weighted by molar-refractivity contribution is 7.90. The van der Waals surface area contributed by atoms with Crippen molar-refractivity contribution >= 4 is 16.0 Å². The Morgan fingerprint density at radius 3 is 1.94 bits per heavy atom. The van der Waals surface area contributed by atoms with Gasteiger partial charge in [-0.15, -0.1) is 0 Å². The minimum atomic E-state index is -3.45. The first kappa shape index (κ1) is 15.4. The van der Waals surface area contributed by atoms with Gasteiger partial charge in [0.15, 0.2) is 0 Å². The Morgan fingerprint density at radius 2 is 1.62 bits per heavy atom. The summed E-state index contributed by atoms with van der Waals surface area (Å²) in [6.07, 6.45) is 0. The molecule has 1 N–H and O–H groups in total. The predicted molar refractivity (Wildman–Crippen MR) is 62.5 cm³/mol. The fraction of sp³-hybridized carbons (Fsp3) is 0.900. The fourth-order valence-corrected chi connectivity index (χ4v) is 1.68. The summed E-state index contributed by atoms with van der Waals surface area (Å²) in [6.45, 7) is 9.75. The molecule has 1 atom stereocenters. The van der Waals surface area contributed by atoms with E-state index in [1.807, 2.05) is 0 Å². The summed E-state index contributed by atoms with van der Waals surface area (Å²) in [4.78, 5) is 11.5. The van der Waals surface area contributed by atoms with Gasteiger partial charge in [-0.2, -0.15) is 0 Å². The molecule has 6 heteroatoms. The number of hydrogen-bond donors (Lipinski definition) is 1. The summed E-state index contributed by atoms with van der Waals surface area (Å²) < 4.78 is 30.3. The maximum absolute atomic E-state index is 11.5. The Balaban J connectivity index is 4.50. The van der Waals surface area contributed by atoms with Gasteiger partial charge in [0.25, 0.3) is 0 Å². The van der Waals surface area contributed by atoms with Crippen molar-refractivity contribution in [2.45, 2.75) is 58.4 Å². The molecule has 0 radical (unpaired) electrons. The third-order valence-electron chi connectivity index (χ3n) is 1.72. The number of rotatable bonds is 4. The topological polar surface area (TPSA) is 72.5 Å². The summed E-state index contributed by atoms with van der Waals surface area (Å²) in [5, 5.41) is -0.572. The molecule has 0 aliphatic heterocycles. The van der Waals surface area contributed by atoms with E-state index in [2.05, 4.69) is 4.72 Å². The second-order valence-electron chi connectivity index (χ2n) is 4.97. The van der Waals surface area contributed by atoms with Gasteiger partial charge in [-0.05, 0) is 41.5 Å². The summed E-state index contributed by atoms with van der Waals surface area (Å²) in [5.41, 5.74) is -0.616. The first-order chi connectivity index (χ1) is 6.96. The number of carbonyl (C=O) groups excluding carboxylic acids is 1. The van der Waals surface area contributed by atoms with Crippen LogP contribution in [0.5, 0.6) is 0 Å². The SMILES string of the molecule is CC(C)S(=O)(=O)N[C@@H](C)C(=O)OC(C)(C)C. The van der Waals surface area contributed by atoms with Crippen molar-refractivity contribution in [3.05, 3.63) is 0 Å². The quantitative estimate of drug-likeness (QED) is 0.758. The van der Waals surface area contributed by atoms with Crippen LogP contribution in [0, 0.1) is 0 Å². The maximum Gasteiger partial charge on any atom is 0.324 e. The predicted octanol–water partition coefficient (Wildman–Crippen LogP) is 1.04. The number of nitrogens with one attached hydrogen (secondary N) is 1. The zero-order valence-corrected chi connectivity index (χ0v) is 11.5. The lowest BCUT2D eigenvalue weighted by atomic mass is 10.2. The van der Waals surface area contributed by atoms with Crippen molar-refractivity contribution in [2.24, 2.45) is 0 Å². The molecule has 0 aliphatic rings. The van der Waals surface area contributed by atoms with Crippen molar-refractivity contribution in [2.75, 3.05) is 0 Å². The molecule has 0 aromatic carbocycles. The lowest BCUT2D eigenvalue weighted by Crippen LogP contribution is -2.44. The van der Waals surface area contributed by atoms with E-state index in [1.54, 1.807) is 34.6 Å². The molecular weight excluding hydrogens is 230 g/mol. The van der Waals surface area contributed by atoms with Crippen LogP contribution in [-0.2, 0) is 19.6 Å². The number of carbonyl (C=O) groups is 1. The van der Waals surface area contributed by atoms with E-state index in [-0.39, 0.29) is 0 Å². The second kappa shape index (κ2) is 5.14. The molecule has 5 nitrogen and oxygen atoms in total. The Labute approximate surface area is 97.6 Å². The summed E-state index contributed by atoms with van der Waals surface area (Å²) in [7, 11) is -3.45. The van der Waals surface area contributed by atoms with Crippen molar-refractivity contribution in [1.82, 2.24) is 4.72 Å². The van der Waals surface area contributed by atoms with E-state index in [0.717, 1.165) is 0 Å². The van der Waals surface area contributed by atoms with Crippen LogP contribution in [0.25, 0.3) is 0 Å². The number of hydrogen-bond acceptors (Lipinski definition) is 4. The van der Waals surface area contributed by atoms with Gasteiger partial charge in [0, 0.05) is 0 Å². The van der Waals surface area contributed by atoms with Crippen molar-refractivity contribution in [1.29, 1.82) is 0 Å². The van der Waals surface area contributed by atoms with Gasteiger partial charge in [0.2, 0.25) is 10.0 Å². The monoisotopic (exact) mass is 251 g/mol. The third-order valence-corrected chi connectivity index (χ3v) is 3.65. The van der Waals surface area contributed by atoms with Crippen LogP contribution < -0.4 is 4.72 Å². The van der Waals surface area contributed by atoms with E-state index < -0.39 is 32.9 Å². The van der Waals surface area contributed by atoms with Crippen LogP contribution in [0.2, 0.25) is 0 Å². The molecule has 0 aromatic heterocycles. The molecule has 0 heterocycles. The van der Waals surface area contributed by atoms with E-state index in [0.29, 0.717) is 0 Å². The average Bonchev–Trinajstić information content (AvgIpc) is 1.99.